The van der Waals surface area contributed by atoms with Crippen LogP contribution in [0.1, 0.15) is 16.8 Å². The maximum Gasteiger partial charge on any atom is 0.125 e. The van der Waals surface area contributed by atoms with E-state index in [4.69, 9.17) is 4.74 Å². The third kappa shape index (κ3) is 2.61. The van der Waals surface area contributed by atoms with E-state index in [2.05, 4.69) is 40.8 Å². The molecule has 0 saturated carbocycles. The van der Waals surface area contributed by atoms with Gasteiger partial charge in [-0.25, -0.2) is 0 Å². The molecule has 0 unspecified atom stereocenters. The molecule has 0 fully saturated rings. The van der Waals surface area contributed by atoms with Crippen LogP contribution in [-0.2, 0) is 20.0 Å². The third-order valence-corrected chi connectivity index (χ3v) is 3.41. The summed E-state index contributed by atoms with van der Waals surface area (Å²) in [4.78, 5) is 0. The van der Waals surface area contributed by atoms with E-state index in [-0.39, 0.29) is 0 Å². The Hall–Kier alpha value is -1.88. The molecule has 1 aromatic heterocycles. The number of nitrogens with one attached hydrogen (secondary N) is 1. The van der Waals surface area contributed by atoms with Gasteiger partial charge in [0.15, 0.2) is 0 Å². The monoisotopic (exact) mass is 258 g/mol. The van der Waals surface area contributed by atoms with E-state index >= 15 is 0 Å². The predicted octanol–water partition coefficient (Wildman–Crippen LogP) is 1.22. The maximum absolute atomic E-state index is 5.86. The van der Waals surface area contributed by atoms with Crippen molar-refractivity contribution in [3.8, 4) is 5.75 Å². The molecule has 1 aliphatic heterocycles. The normalized spacial score (nSPS) is 17.9. The quantitative estimate of drug-likeness (QED) is 0.899. The summed E-state index contributed by atoms with van der Waals surface area (Å²) < 4.78 is 7.57. The number of aryl methyl sites for hydroxylation is 2. The van der Waals surface area contributed by atoms with E-state index in [0.717, 1.165) is 24.4 Å². The van der Waals surface area contributed by atoms with Crippen molar-refractivity contribution in [2.75, 3.05) is 6.61 Å². The molecule has 1 N–H and O–H groups in total. The third-order valence-electron chi connectivity index (χ3n) is 3.41. The Morgan fingerprint density at radius 3 is 3.16 bits per heavy atom. The zero-order valence-corrected chi connectivity index (χ0v) is 11.3. The van der Waals surface area contributed by atoms with Crippen molar-refractivity contribution in [3.05, 3.63) is 41.2 Å². The molecular formula is C14H18N4O. The van der Waals surface area contributed by atoms with Crippen LogP contribution < -0.4 is 10.1 Å². The maximum atomic E-state index is 5.86. The molecule has 3 rings (SSSR count). The smallest absolute Gasteiger partial charge is 0.125 e. The molecule has 0 aliphatic carbocycles. The van der Waals surface area contributed by atoms with Crippen molar-refractivity contribution in [2.24, 2.45) is 7.05 Å². The second-order valence-corrected chi connectivity index (χ2v) is 5.04. The van der Waals surface area contributed by atoms with E-state index in [1.165, 1.54) is 11.1 Å². The largest absolute Gasteiger partial charge is 0.491 e. The van der Waals surface area contributed by atoms with Crippen LogP contribution in [0, 0.1) is 6.92 Å². The van der Waals surface area contributed by atoms with Crippen molar-refractivity contribution in [2.45, 2.75) is 25.9 Å². The van der Waals surface area contributed by atoms with Gasteiger partial charge in [-0.3, -0.25) is 4.68 Å². The molecule has 5 heteroatoms. The Bertz CT molecular complexity index is 579. The van der Waals surface area contributed by atoms with E-state index < -0.39 is 0 Å². The summed E-state index contributed by atoms with van der Waals surface area (Å²) in [5.74, 6) is 1.06. The molecular weight excluding hydrogens is 240 g/mol. The average Bonchev–Trinajstić information content (AvgIpc) is 2.82. The number of rotatable bonds is 3. The van der Waals surface area contributed by atoms with E-state index in [0.29, 0.717) is 12.6 Å². The Balaban J connectivity index is 1.63. The van der Waals surface area contributed by atoms with Crippen molar-refractivity contribution >= 4 is 0 Å². The van der Waals surface area contributed by atoms with Gasteiger partial charge in [0.05, 0.1) is 5.69 Å². The van der Waals surface area contributed by atoms with Gasteiger partial charge in [0.1, 0.15) is 12.4 Å². The minimum absolute atomic E-state index is 0.330. The van der Waals surface area contributed by atoms with Crippen LogP contribution in [0.25, 0.3) is 0 Å². The molecule has 100 valence electrons. The first-order valence-corrected chi connectivity index (χ1v) is 6.52. The lowest BCUT2D eigenvalue weighted by Crippen LogP contribution is -2.39. The highest BCUT2D eigenvalue weighted by molar-refractivity contribution is 5.42. The molecule has 5 nitrogen and oxygen atoms in total. The first-order valence-electron chi connectivity index (χ1n) is 6.52. The highest BCUT2D eigenvalue weighted by Gasteiger charge is 2.20. The topological polar surface area (TPSA) is 52.0 Å². The van der Waals surface area contributed by atoms with Crippen LogP contribution in [0.4, 0.5) is 0 Å². The van der Waals surface area contributed by atoms with Crippen molar-refractivity contribution in [1.82, 2.24) is 20.3 Å². The molecule has 1 aliphatic rings. The lowest BCUT2D eigenvalue weighted by atomic mass is 10.00. The zero-order chi connectivity index (χ0) is 13.2. The van der Waals surface area contributed by atoms with Gasteiger partial charge in [-0.2, -0.15) is 0 Å². The molecule has 1 atom stereocenters. The number of fused-ring (bicyclic) bond motifs is 1. The fraction of sp³-hybridized carbons (Fsp3) is 0.429. The van der Waals surface area contributed by atoms with Gasteiger partial charge >= 0.3 is 0 Å². The molecule has 0 bridgehead atoms. The first-order chi connectivity index (χ1) is 9.22. The van der Waals surface area contributed by atoms with Gasteiger partial charge in [-0.1, -0.05) is 23.4 Å². The molecule has 0 spiro atoms. The van der Waals surface area contributed by atoms with Crippen LogP contribution >= 0.6 is 0 Å². The van der Waals surface area contributed by atoms with Crippen LogP contribution in [0.15, 0.2) is 24.4 Å². The van der Waals surface area contributed by atoms with Crippen molar-refractivity contribution in [3.63, 3.8) is 0 Å². The molecule has 0 amide bonds. The van der Waals surface area contributed by atoms with Gasteiger partial charge in [-0.15, -0.1) is 5.10 Å². The summed E-state index contributed by atoms with van der Waals surface area (Å²) >= 11 is 0. The second-order valence-electron chi connectivity index (χ2n) is 5.04. The van der Waals surface area contributed by atoms with Gasteiger partial charge in [0.2, 0.25) is 0 Å². The molecule has 2 aromatic rings. The summed E-state index contributed by atoms with van der Waals surface area (Å²) in [7, 11) is 1.87. The Labute approximate surface area is 112 Å². The van der Waals surface area contributed by atoms with Crippen LogP contribution in [0.2, 0.25) is 0 Å². The lowest BCUT2D eigenvalue weighted by Gasteiger charge is -2.27. The summed E-state index contributed by atoms with van der Waals surface area (Å²) in [5.41, 5.74) is 3.45. The number of nitrogens with zero attached hydrogens (tertiary/aromatic N) is 3. The Morgan fingerprint density at radius 1 is 1.47 bits per heavy atom. The SMILES string of the molecule is Cc1cccc2c1OC[C@H](NCc1cn(C)nn1)C2. The highest BCUT2D eigenvalue weighted by atomic mass is 16.5. The molecule has 2 heterocycles. The van der Waals surface area contributed by atoms with E-state index in [1.807, 2.05) is 13.2 Å². The summed E-state index contributed by atoms with van der Waals surface area (Å²) in [6.45, 7) is 3.52. The van der Waals surface area contributed by atoms with Gasteiger partial charge in [-0.05, 0) is 24.5 Å². The Morgan fingerprint density at radius 2 is 2.37 bits per heavy atom. The highest BCUT2D eigenvalue weighted by Crippen LogP contribution is 2.28. The average molecular weight is 258 g/mol. The summed E-state index contributed by atoms with van der Waals surface area (Å²) in [6, 6.07) is 6.64. The van der Waals surface area contributed by atoms with Crippen molar-refractivity contribution < 1.29 is 4.74 Å². The summed E-state index contributed by atoms with van der Waals surface area (Å²) in [5, 5.41) is 11.5. The van der Waals surface area contributed by atoms with Crippen LogP contribution in [0.3, 0.4) is 0 Å². The van der Waals surface area contributed by atoms with Crippen molar-refractivity contribution in [1.29, 1.82) is 0 Å². The molecule has 1 aromatic carbocycles. The summed E-state index contributed by atoms with van der Waals surface area (Å²) in [6.07, 6.45) is 2.92. The van der Waals surface area contributed by atoms with E-state index in [9.17, 15) is 0 Å². The number of hydrogen-bond donors (Lipinski definition) is 1. The second kappa shape index (κ2) is 5.01. The van der Waals surface area contributed by atoms with Gasteiger partial charge in [0.25, 0.3) is 0 Å². The number of benzene rings is 1. The van der Waals surface area contributed by atoms with Crippen LogP contribution in [0.5, 0.6) is 5.75 Å². The predicted molar refractivity (Wildman–Crippen MR) is 72.0 cm³/mol. The van der Waals surface area contributed by atoms with Gasteiger partial charge < -0.3 is 10.1 Å². The van der Waals surface area contributed by atoms with E-state index in [1.54, 1.807) is 4.68 Å². The molecule has 0 saturated heterocycles. The zero-order valence-electron chi connectivity index (χ0n) is 11.3. The number of ether oxygens (including phenoxy) is 1. The van der Waals surface area contributed by atoms with Gasteiger partial charge in [0, 0.05) is 25.8 Å². The minimum Gasteiger partial charge on any atom is -0.491 e. The fourth-order valence-corrected chi connectivity index (χ4v) is 2.45. The standard InChI is InChI=1S/C14H18N4O/c1-10-4-3-5-11-6-12(9-19-14(10)11)15-7-13-8-18(2)17-16-13/h3-5,8,12,15H,6-7,9H2,1-2H3/t12-/m1/s1. The fourth-order valence-electron chi connectivity index (χ4n) is 2.45. The Kier molecular flexibility index (Phi) is 3.21. The molecule has 0 radical (unpaired) electrons. The lowest BCUT2D eigenvalue weighted by molar-refractivity contribution is 0.236. The number of hydrogen-bond acceptors (Lipinski definition) is 4. The molecule has 19 heavy (non-hydrogen) atoms. The van der Waals surface area contributed by atoms with Crippen LogP contribution in [-0.4, -0.2) is 27.6 Å². The minimum atomic E-state index is 0.330. The first kappa shape index (κ1) is 12.2. The number of aromatic nitrogens is 3. The number of para-hydroxylation sites is 1.